The van der Waals surface area contributed by atoms with Gasteiger partial charge in [0.05, 0.1) is 17.0 Å². The van der Waals surface area contributed by atoms with Crippen LogP contribution in [0.25, 0.3) is 10.4 Å². The Kier molecular flexibility index (Phi) is 5.79. The Hall–Kier alpha value is -1.96. The molecule has 0 aliphatic carbocycles. The highest BCUT2D eigenvalue weighted by Crippen LogP contribution is 2.38. The molecular formula is C14H15N2O10PS. The standard InChI is InChI=1S/C14H15N2O10PS/c17-4-6-1-2-28-11(6)7-3-16(14(21)15-12(7)20)13-10(19)9(18)8(26-13)5-25-27(22,23)24/h1-4,8-10,13,18-19H,5H2,(H,15,20,21)(H2,22,23,24)/t8-,9-,10-,13-/m1/s1. The number of rotatable bonds is 6. The van der Waals surface area contributed by atoms with E-state index in [0.29, 0.717) is 11.2 Å². The second kappa shape index (κ2) is 7.81. The maximum absolute atomic E-state index is 12.2. The maximum atomic E-state index is 12.2. The van der Waals surface area contributed by atoms with E-state index in [1.807, 2.05) is 4.98 Å². The second-order valence-corrected chi connectivity index (χ2v) is 8.02. The van der Waals surface area contributed by atoms with Crippen molar-refractivity contribution in [3.8, 4) is 10.4 Å². The maximum Gasteiger partial charge on any atom is 0.469 e. The molecule has 28 heavy (non-hydrogen) atoms. The fourth-order valence-electron chi connectivity index (χ4n) is 2.73. The van der Waals surface area contributed by atoms with E-state index in [1.165, 1.54) is 6.07 Å². The molecule has 1 aliphatic rings. The summed E-state index contributed by atoms with van der Waals surface area (Å²) in [5.74, 6) is 0. The van der Waals surface area contributed by atoms with Gasteiger partial charge in [-0.15, -0.1) is 11.3 Å². The molecular weight excluding hydrogens is 419 g/mol. The second-order valence-electron chi connectivity index (χ2n) is 5.86. The number of nitrogens with zero attached hydrogens (tertiary/aromatic N) is 1. The zero-order valence-electron chi connectivity index (χ0n) is 13.9. The van der Waals surface area contributed by atoms with Gasteiger partial charge < -0.3 is 24.7 Å². The number of hydrogen-bond acceptors (Lipinski definition) is 9. The van der Waals surface area contributed by atoms with Crippen molar-refractivity contribution in [2.24, 2.45) is 0 Å². The summed E-state index contributed by atoms with van der Waals surface area (Å²) < 4.78 is 21.2. The van der Waals surface area contributed by atoms with Gasteiger partial charge in [-0.1, -0.05) is 0 Å². The molecule has 5 N–H and O–H groups in total. The number of carbonyl (C=O) groups is 1. The Morgan fingerprint density at radius 1 is 1.32 bits per heavy atom. The molecule has 2 aromatic heterocycles. The molecule has 3 heterocycles. The van der Waals surface area contributed by atoms with E-state index in [-0.39, 0.29) is 11.1 Å². The zero-order valence-corrected chi connectivity index (χ0v) is 15.6. The van der Waals surface area contributed by atoms with E-state index in [2.05, 4.69) is 4.52 Å². The summed E-state index contributed by atoms with van der Waals surface area (Å²) in [5, 5.41) is 21.8. The van der Waals surface area contributed by atoms with Crippen molar-refractivity contribution in [3.05, 3.63) is 44.0 Å². The van der Waals surface area contributed by atoms with Gasteiger partial charge in [-0.2, -0.15) is 0 Å². The third kappa shape index (κ3) is 4.06. The molecule has 1 fully saturated rings. The first-order chi connectivity index (χ1) is 13.1. The first kappa shape index (κ1) is 20.8. The number of ether oxygens (including phenoxy) is 1. The SMILES string of the molecule is O=Cc1ccsc1-c1cn([C@@H]2O[C@H](COP(=O)(O)O)[C@@H](O)[C@H]2O)c(=O)[nH]c1=O. The number of phosphoric ester groups is 1. The van der Waals surface area contributed by atoms with Crippen molar-refractivity contribution in [2.75, 3.05) is 6.61 Å². The van der Waals surface area contributed by atoms with Gasteiger partial charge in [0.15, 0.2) is 12.5 Å². The fraction of sp³-hybridized carbons (Fsp3) is 0.357. The van der Waals surface area contributed by atoms with Crippen LogP contribution < -0.4 is 11.2 Å². The topological polar surface area (TPSA) is 188 Å². The summed E-state index contributed by atoms with van der Waals surface area (Å²) in [7, 11) is -4.84. The first-order valence-electron chi connectivity index (χ1n) is 7.72. The van der Waals surface area contributed by atoms with E-state index >= 15 is 0 Å². The van der Waals surface area contributed by atoms with E-state index in [1.54, 1.807) is 5.38 Å². The van der Waals surface area contributed by atoms with Gasteiger partial charge in [-0.3, -0.25) is 23.7 Å². The average molecular weight is 434 g/mol. The normalized spacial score (nSPS) is 25.1. The average Bonchev–Trinajstić information content (AvgIpc) is 3.19. The van der Waals surface area contributed by atoms with Crippen LogP contribution in [0.3, 0.4) is 0 Å². The highest BCUT2D eigenvalue weighted by molar-refractivity contribution is 7.46. The van der Waals surface area contributed by atoms with E-state index in [9.17, 15) is 29.2 Å². The zero-order chi connectivity index (χ0) is 20.6. The van der Waals surface area contributed by atoms with Crippen LogP contribution >= 0.6 is 19.2 Å². The Morgan fingerprint density at radius 3 is 2.68 bits per heavy atom. The van der Waals surface area contributed by atoms with E-state index in [4.69, 9.17) is 14.5 Å². The molecule has 0 bridgehead atoms. The number of thiophene rings is 1. The number of aliphatic hydroxyl groups is 2. The summed E-state index contributed by atoms with van der Waals surface area (Å²) in [5.41, 5.74) is -1.52. The molecule has 0 spiro atoms. The van der Waals surface area contributed by atoms with Gasteiger partial charge in [0.2, 0.25) is 0 Å². The number of aromatic nitrogens is 2. The number of carbonyl (C=O) groups excluding carboxylic acids is 1. The van der Waals surface area contributed by atoms with E-state index < -0.39 is 50.2 Å². The molecule has 1 saturated heterocycles. The quantitative estimate of drug-likeness (QED) is 0.273. The summed E-state index contributed by atoms with van der Waals surface area (Å²) in [6.45, 7) is -0.746. The van der Waals surface area contributed by atoms with Crippen LogP contribution in [0, 0.1) is 0 Å². The lowest BCUT2D eigenvalue weighted by molar-refractivity contribution is -0.0542. The van der Waals surface area contributed by atoms with Crippen LogP contribution in [-0.2, 0) is 13.8 Å². The minimum Gasteiger partial charge on any atom is -0.387 e. The number of aromatic amines is 1. The molecule has 0 radical (unpaired) electrons. The third-order valence-corrected chi connectivity index (χ3v) is 5.50. The fourth-order valence-corrected chi connectivity index (χ4v) is 3.95. The summed E-state index contributed by atoms with van der Waals surface area (Å²) in [4.78, 5) is 55.3. The Morgan fingerprint density at radius 2 is 2.04 bits per heavy atom. The van der Waals surface area contributed by atoms with Crippen LogP contribution in [0.2, 0.25) is 0 Å². The smallest absolute Gasteiger partial charge is 0.387 e. The predicted molar refractivity (Wildman–Crippen MR) is 93.9 cm³/mol. The lowest BCUT2D eigenvalue weighted by atomic mass is 10.1. The van der Waals surface area contributed by atoms with Gasteiger partial charge in [0, 0.05) is 11.8 Å². The highest BCUT2D eigenvalue weighted by Gasteiger charge is 2.45. The van der Waals surface area contributed by atoms with Crippen molar-refractivity contribution in [1.29, 1.82) is 0 Å². The number of aldehydes is 1. The van der Waals surface area contributed by atoms with Crippen molar-refractivity contribution in [3.63, 3.8) is 0 Å². The molecule has 0 unspecified atom stereocenters. The molecule has 4 atom stereocenters. The van der Waals surface area contributed by atoms with Crippen LogP contribution in [0.1, 0.15) is 16.6 Å². The van der Waals surface area contributed by atoms with E-state index in [0.717, 1.165) is 22.1 Å². The largest absolute Gasteiger partial charge is 0.469 e. The number of H-pyrrole nitrogens is 1. The van der Waals surface area contributed by atoms with Gasteiger partial charge >= 0.3 is 13.5 Å². The Balaban J connectivity index is 1.96. The molecule has 1 aliphatic heterocycles. The molecule has 2 aromatic rings. The van der Waals surface area contributed by atoms with Gasteiger partial charge in [0.1, 0.15) is 18.3 Å². The number of aliphatic hydroxyl groups excluding tert-OH is 2. The van der Waals surface area contributed by atoms with Crippen molar-refractivity contribution < 1.29 is 38.6 Å². The minimum atomic E-state index is -4.84. The van der Waals surface area contributed by atoms with Crippen molar-refractivity contribution >= 4 is 25.4 Å². The van der Waals surface area contributed by atoms with Crippen LogP contribution in [0.4, 0.5) is 0 Å². The van der Waals surface area contributed by atoms with Crippen LogP contribution in [-0.4, -0.2) is 60.8 Å². The Bertz CT molecular complexity index is 1040. The van der Waals surface area contributed by atoms with Gasteiger partial charge in [0.25, 0.3) is 5.56 Å². The van der Waals surface area contributed by atoms with Crippen molar-refractivity contribution in [2.45, 2.75) is 24.5 Å². The molecule has 12 nitrogen and oxygen atoms in total. The minimum absolute atomic E-state index is 0.0306. The summed E-state index contributed by atoms with van der Waals surface area (Å²) in [6.07, 6.45) is -4.47. The third-order valence-electron chi connectivity index (χ3n) is 4.05. The molecule has 0 amide bonds. The van der Waals surface area contributed by atoms with Crippen molar-refractivity contribution in [1.82, 2.24) is 9.55 Å². The molecule has 152 valence electrons. The first-order valence-corrected chi connectivity index (χ1v) is 10.1. The lowest BCUT2D eigenvalue weighted by Crippen LogP contribution is -2.38. The lowest BCUT2D eigenvalue weighted by Gasteiger charge is -2.18. The van der Waals surface area contributed by atoms with Crippen LogP contribution in [0.5, 0.6) is 0 Å². The van der Waals surface area contributed by atoms with Gasteiger partial charge in [-0.05, 0) is 11.4 Å². The summed E-state index contributed by atoms with van der Waals surface area (Å²) >= 11 is 1.09. The summed E-state index contributed by atoms with van der Waals surface area (Å²) in [6, 6.07) is 1.49. The number of phosphoric acid groups is 1. The Labute approximate surface area is 159 Å². The highest BCUT2D eigenvalue weighted by atomic mass is 32.1. The number of hydrogen-bond donors (Lipinski definition) is 5. The predicted octanol–water partition coefficient (Wildman–Crippen LogP) is -1.19. The number of nitrogens with one attached hydrogen (secondary N) is 1. The molecule has 14 heteroatoms. The van der Waals surface area contributed by atoms with Gasteiger partial charge in [-0.25, -0.2) is 9.36 Å². The molecule has 0 aromatic carbocycles. The molecule has 0 saturated carbocycles. The monoisotopic (exact) mass is 434 g/mol. The molecule has 3 rings (SSSR count). The van der Waals surface area contributed by atoms with Crippen LogP contribution in [0.15, 0.2) is 27.2 Å².